The molecule has 1 aliphatic heterocycles. The molecular weight excluding hydrogens is 443 g/mol. The molecule has 8 heteroatoms. The molecule has 0 spiro atoms. The van der Waals surface area contributed by atoms with E-state index in [1.807, 2.05) is 12.1 Å². The van der Waals surface area contributed by atoms with Crippen LogP contribution < -0.4 is 15.8 Å². The van der Waals surface area contributed by atoms with Gasteiger partial charge in [0.1, 0.15) is 0 Å². The van der Waals surface area contributed by atoms with Gasteiger partial charge in [0, 0.05) is 36.8 Å². The maximum Gasteiger partial charge on any atom is 0.417 e. The van der Waals surface area contributed by atoms with Gasteiger partial charge in [0.2, 0.25) is 5.56 Å². The first kappa shape index (κ1) is 23.9. The van der Waals surface area contributed by atoms with Crippen LogP contribution in [0.25, 0.3) is 0 Å². The fraction of sp³-hybridized carbons (Fsp3) is 0.462. The van der Waals surface area contributed by atoms with Gasteiger partial charge in [0.05, 0.1) is 22.5 Å². The molecule has 0 radical (unpaired) electrons. The van der Waals surface area contributed by atoms with Crippen LogP contribution in [0.3, 0.4) is 0 Å². The second-order valence-electron chi connectivity index (χ2n) is 8.96. The van der Waals surface area contributed by atoms with Crippen LogP contribution in [-0.2, 0) is 6.18 Å². The molecule has 2 aromatic rings. The van der Waals surface area contributed by atoms with Gasteiger partial charge < -0.3 is 15.2 Å². The van der Waals surface area contributed by atoms with Gasteiger partial charge in [-0.2, -0.15) is 13.2 Å². The van der Waals surface area contributed by atoms with E-state index in [9.17, 15) is 22.8 Å². The predicted molar refractivity (Wildman–Crippen MR) is 126 cm³/mol. The van der Waals surface area contributed by atoms with Gasteiger partial charge in [-0.05, 0) is 50.3 Å². The highest BCUT2D eigenvalue weighted by molar-refractivity contribution is 6.07. The number of H-pyrrole nitrogens is 1. The summed E-state index contributed by atoms with van der Waals surface area (Å²) in [6.07, 6.45) is 4.87. The Morgan fingerprint density at radius 2 is 1.74 bits per heavy atom. The Balaban J connectivity index is 1.66. The van der Waals surface area contributed by atoms with Gasteiger partial charge in [0.15, 0.2) is 0 Å². The van der Waals surface area contributed by atoms with Crippen molar-refractivity contribution in [2.45, 2.75) is 57.5 Å². The maximum atomic E-state index is 13.5. The van der Waals surface area contributed by atoms with Crippen LogP contribution in [-0.4, -0.2) is 24.0 Å². The number of nitrogens with zero attached hydrogens (tertiary/aromatic N) is 1. The summed E-state index contributed by atoms with van der Waals surface area (Å²) in [7, 11) is 0. The van der Waals surface area contributed by atoms with E-state index in [4.69, 9.17) is 0 Å². The number of pyridine rings is 1. The van der Waals surface area contributed by atoms with Crippen molar-refractivity contribution in [1.29, 1.82) is 0 Å². The first-order valence-electron chi connectivity index (χ1n) is 11.8. The van der Waals surface area contributed by atoms with Gasteiger partial charge in [-0.1, -0.05) is 31.1 Å². The van der Waals surface area contributed by atoms with Gasteiger partial charge >= 0.3 is 6.18 Å². The summed E-state index contributed by atoms with van der Waals surface area (Å²) in [6, 6.07) is 5.92. The molecule has 2 fully saturated rings. The van der Waals surface area contributed by atoms with Gasteiger partial charge in [-0.3, -0.25) is 9.59 Å². The Morgan fingerprint density at radius 1 is 1.03 bits per heavy atom. The number of nitrogens with one attached hydrogen (secondary N) is 2. The lowest BCUT2D eigenvalue weighted by atomic mass is 9.89. The highest BCUT2D eigenvalue weighted by atomic mass is 19.4. The van der Waals surface area contributed by atoms with Crippen molar-refractivity contribution in [3.05, 3.63) is 57.5 Å². The molecule has 1 aromatic heterocycles. The Hall–Kier alpha value is -3.21. The zero-order chi connectivity index (χ0) is 24.1. The lowest BCUT2D eigenvalue weighted by molar-refractivity contribution is -0.138. The standard InChI is InChI=1S/C26H28F3N3O2/c27-26(28,29)21-16-24(33)30-17-20(21)25(34)31-22-15-19(10-9-18-7-3-1-4-8-18)11-12-23(22)32-13-5-2-6-14-32/h11-12,15-18H,1-8,13-14H2,(H,30,33)(H,31,34). The van der Waals surface area contributed by atoms with Crippen molar-refractivity contribution in [1.82, 2.24) is 4.98 Å². The van der Waals surface area contributed by atoms with Gasteiger partial charge in [-0.25, -0.2) is 0 Å². The van der Waals surface area contributed by atoms with Gasteiger partial charge in [-0.15, -0.1) is 0 Å². The Labute approximate surface area is 196 Å². The van der Waals surface area contributed by atoms with E-state index in [2.05, 4.69) is 27.0 Å². The SMILES string of the molecule is O=C(Nc1cc(C#CC2CCCCC2)ccc1N1CCCCC1)c1c[nH]c(=O)cc1C(F)(F)F. The molecule has 2 aliphatic rings. The second kappa shape index (κ2) is 10.4. The Morgan fingerprint density at radius 3 is 2.44 bits per heavy atom. The number of anilines is 2. The molecule has 5 nitrogen and oxygen atoms in total. The first-order chi connectivity index (χ1) is 16.3. The number of hydrogen-bond acceptors (Lipinski definition) is 3. The number of aromatic nitrogens is 1. The lowest BCUT2D eigenvalue weighted by Crippen LogP contribution is -2.30. The molecule has 34 heavy (non-hydrogen) atoms. The lowest BCUT2D eigenvalue weighted by Gasteiger charge is -2.30. The molecule has 0 atom stereocenters. The number of carbonyl (C=O) groups is 1. The number of benzene rings is 1. The van der Waals surface area contributed by atoms with Crippen molar-refractivity contribution in [3.8, 4) is 11.8 Å². The molecular formula is C26H28F3N3O2. The second-order valence-corrected chi connectivity index (χ2v) is 8.96. The summed E-state index contributed by atoms with van der Waals surface area (Å²) in [6.45, 7) is 1.62. The first-order valence-corrected chi connectivity index (χ1v) is 11.8. The number of aromatic amines is 1. The molecule has 0 unspecified atom stereocenters. The smallest absolute Gasteiger partial charge is 0.370 e. The number of alkyl halides is 3. The minimum absolute atomic E-state index is 0.351. The summed E-state index contributed by atoms with van der Waals surface area (Å²) < 4.78 is 40.4. The topological polar surface area (TPSA) is 65.2 Å². The third kappa shape index (κ3) is 5.82. The third-order valence-electron chi connectivity index (χ3n) is 6.44. The molecule has 2 heterocycles. The van der Waals surface area contributed by atoms with Crippen molar-refractivity contribution < 1.29 is 18.0 Å². The van der Waals surface area contributed by atoms with Crippen LogP contribution in [0.2, 0.25) is 0 Å². The largest absolute Gasteiger partial charge is 0.417 e. The molecule has 1 amide bonds. The van der Waals surface area contributed by atoms with Crippen molar-refractivity contribution in [3.63, 3.8) is 0 Å². The monoisotopic (exact) mass is 471 g/mol. The average molecular weight is 472 g/mol. The number of rotatable bonds is 3. The molecule has 1 aliphatic carbocycles. The third-order valence-corrected chi connectivity index (χ3v) is 6.44. The van der Waals surface area contributed by atoms with E-state index in [1.54, 1.807) is 6.07 Å². The number of carbonyl (C=O) groups excluding carboxylic acids is 1. The number of piperidine rings is 1. The van der Waals surface area contributed by atoms with E-state index in [1.165, 1.54) is 19.3 Å². The van der Waals surface area contributed by atoms with Crippen molar-refractivity contribution in [2.24, 2.45) is 5.92 Å². The normalized spacial score (nSPS) is 17.1. The molecule has 1 aromatic carbocycles. The number of amides is 1. The average Bonchev–Trinajstić information content (AvgIpc) is 2.83. The summed E-state index contributed by atoms with van der Waals surface area (Å²) >= 11 is 0. The van der Waals surface area contributed by atoms with Crippen LogP contribution in [0.5, 0.6) is 0 Å². The highest BCUT2D eigenvalue weighted by Crippen LogP contribution is 2.33. The quantitative estimate of drug-likeness (QED) is 0.576. The van der Waals surface area contributed by atoms with Gasteiger partial charge in [0.25, 0.3) is 5.91 Å². The van der Waals surface area contributed by atoms with E-state index >= 15 is 0 Å². The zero-order valence-electron chi connectivity index (χ0n) is 18.9. The molecule has 2 N–H and O–H groups in total. The van der Waals surface area contributed by atoms with E-state index < -0.39 is 28.8 Å². The molecule has 1 saturated heterocycles. The van der Waals surface area contributed by atoms with E-state index in [0.29, 0.717) is 23.2 Å². The summed E-state index contributed by atoms with van der Waals surface area (Å²) in [5, 5.41) is 2.66. The number of halogens is 3. The molecule has 1 saturated carbocycles. The van der Waals surface area contributed by atoms with Crippen LogP contribution in [0.4, 0.5) is 24.5 Å². The molecule has 180 valence electrons. The minimum Gasteiger partial charge on any atom is -0.370 e. The van der Waals surface area contributed by atoms with E-state index in [0.717, 1.165) is 57.1 Å². The van der Waals surface area contributed by atoms with Crippen LogP contribution in [0.15, 0.2) is 35.3 Å². The Kier molecular flexibility index (Phi) is 7.30. The van der Waals surface area contributed by atoms with Crippen LogP contribution in [0, 0.1) is 17.8 Å². The number of hydrogen-bond donors (Lipinski definition) is 2. The Bertz CT molecular complexity index is 1150. The molecule has 0 bridgehead atoms. The highest BCUT2D eigenvalue weighted by Gasteiger charge is 2.36. The summed E-state index contributed by atoms with van der Waals surface area (Å²) in [5.41, 5.74) is -0.926. The zero-order valence-corrected chi connectivity index (χ0v) is 18.9. The fourth-order valence-corrected chi connectivity index (χ4v) is 4.64. The minimum atomic E-state index is -4.83. The van der Waals surface area contributed by atoms with Crippen molar-refractivity contribution >= 4 is 17.3 Å². The molecule has 4 rings (SSSR count). The fourth-order valence-electron chi connectivity index (χ4n) is 4.64. The van der Waals surface area contributed by atoms with Crippen molar-refractivity contribution in [2.75, 3.05) is 23.3 Å². The van der Waals surface area contributed by atoms with E-state index in [-0.39, 0.29) is 0 Å². The van der Waals surface area contributed by atoms with Crippen LogP contribution >= 0.6 is 0 Å². The summed E-state index contributed by atoms with van der Waals surface area (Å²) in [4.78, 5) is 28.7. The van der Waals surface area contributed by atoms with Crippen LogP contribution in [0.1, 0.15) is 72.9 Å². The predicted octanol–water partition coefficient (Wildman–Crippen LogP) is 5.57. The maximum absolute atomic E-state index is 13.5. The summed E-state index contributed by atoms with van der Waals surface area (Å²) in [5.74, 6) is 5.93.